The van der Waals surface area contributed by atoms with Gasteiger partial charge >= 0.3 is 5.97 Å². The van der Waals surface area contributed by atoms with Crippen LogP contribution in [0.3, 0.4) is 0 Å². The van der Waals surface area contributed by atoms with Gasteiger partial charge < -0.3 is 9.15 Å². The Morgan fingerprint density at radius 3 is 2.23 bits per heavy atom. The van der Waals surface area contributed by atoms with Crippen LogP contribution in [-0.4, -0.2) is 32.7 Å². The van der Waals surface area contributed by atoms with Gasteiger partial charge in [0.2, 0.25) is 12.3 Å². The summed E-state index contributed by atoms with van der Waals surface area (Å²) in [5.41, 5.74) is 1.21. The van der Waals surface area contributed by atoms with E-state index in [9.17, 15) is 13.6 Å². The Morgan fingerprint density at radius 2 is 1.73 bits per heavy atom. The molecule has 0 aliphatic heterocycles. The minimum absolute atomic E-state index is 0.0914. The molecule has 0 saturated carbocycles. The Labute approximate surface area is 148 Å². The summed E-state index contributed by atoms with van der Waals surface area (Å²) in [4.78, 5) is 18.5. The van der Waals surface area contributed by atoms with Crippen LogP contribution in [0.1, 0.15) is 24.2 Å². The molecule has 3 aromatic heterocycles. The van der Waals surface area contributed by atoms with Crippen LogP contribution in [0, 0.1) is 11.6 Å². The topological polar surface area (TPSA) is 91.0 Å². The predicted molar refractivity (Wildman–Crippen MR) is 85.8 cm³/mol. The maximum atomic E-state index is 12.5. The molecule has 0 N–H and O–H groups in total. The molecule has 0 fully saturated rings. The number of rotatable bonds is 5. The van der Waals surface area contributed by atoms with Gasteiger partial charge in [-0.1, -0.05) is 0 Å². The van der Waals surface area contributed by atoms with E-state index < -0.39 is 5.82 Å². The number of hydrogen-bond acceptors (Lipinski definition) is 7. The molecule has 0 aromatic carbocycles. The summed E-state index contributed by atoms with van der Waals surface area (Å²) in [6.45, 7) is 2.08. The van der Waals surface area contributed by atoms with Crippen LogP contribution in [0.4, 0.5) is 8.78 Å². The van der Waals surface area contributed by atoms with Crippen LogP contribution in [0.15, 0.2) is 47.5 Å². The molecule has 0 saturated heterocycles. The highest BCUT2D eigenvalue weighted by atomic mass is 19.1. The average Bonchev–Trinajstić information content (AvgIpc) is 3.13. The monoisotopic (exact) mass is 362 g/mol. The van der Waals surface area contributed by atoms with Crippen molar-refractivity contribution in [3.63, 3.8) is 0 Å². The third-order valence-corrected chi connectivity index (χ3v) is 2.95. The van der Waals surface area contributed by atoms with Gasteiger partial charge in [-0.15, -0.1) is 10.2 Å². The van der Waals surface area contributed by atoms with Crippen molar-refractivity contribution < 1.29 is 22.7 Å². The van der Waals surface area contributed by atoms with E-state index in [1.165, 1.54) is 24.6 Å². The van der Waals surface area contributed by atoms with Crippen LogP contribution in [-0.2, 0) is 22.4 Å². The van der Waals surface area contributed by atoms with Crippen LogP contribution in [0.5, 0.6) is 0 Å². The van der Waals surface area contributed by atoms with Gasteiger partial charge in [0.05, 0.1) is 37.5 Å². The maximum absolute atomic E-state index is 12.5. The van der Waals surface area contributed by atoms with E-state index in [1.807, 2.05) is 0 Å². The van der Waals surface area contributed by atoms with Gasteiger partial charge in [-0.25, -0.2) is 8.78 Å². The first-order valence-electron chi connectivity index (χ1n) is 7.68. The minimum Gasteiger partial charge on any atom is -0.466 e. The smallest absolute Gasteiger partial charge is 0.311 e. The van der Waals surface area contributed by atoms with Gasteiger partial charge in [0, 0.05) is 5.69 Å². The van der Waals surface area contributed by atoms with Crippen LogP contribution in [0.25, 0.3) is 0 Å². The Kier molecular flexibility index (Phi) is 7.29. The van der Waals surface area contributed by atoms with Gasteiger partial charge in [-0.2, -0.15) is 0 Å². The Balaban J connectivity index is 0.000000187. The Bertz CT molecular complexity index is 794. The van der Waals surface area contributed by atoms with Crippen molar-refractivity contribution in [2.75, 3.05) is 6.61 Å². The van der Waals surface area contributed by atoms with Crippen molar-refractivity contribution in [3.8, 4) is 0 Å². The largest absolute Gasteiger partial charge is 0.466 e. The second-order valence-electron chi connectivity index (χ2n) is 4.93. The lowest BCUT2D eigenvalue weighted by molar-refractivity contribution is -0.142. The van der Waals surface area contributed by atoms with Gasteiger partial charge in [0.15, 0.2) is 0 Å². The zero-order valence-electron chi connectivity index (χ0n) is 13.9. The maximum Gasteiger partial charge on any atom is 0.311 e. The molecule has 0 aliphatic carbocycles. The molecule has 3 rings (SSSR count). The first-order valence-corrected chi connectivity index (χ1v) is 7.68. The molecule has 3 aromatic rings. The van der Waals surface area contributed by atoms with E-state index in [0.29, 0.717) is 30.3 Å². The quantitative estimate of drug-likeness (QED) is 0.644. The third-order valence-electron chi connectivity index (χ3n) is 2.95. The Morgan fingerprint density at radius 1 is 1.08 bits per heavy atom. The number of esters is 1. The summed E-state index contributed by atoms with van der Waals surface area (Å²) in [7, 11) is 0. The molecule has 0 spiro atoms. The van der Waals surface area contributed by atoms with E-state index >= 15 is 0 Å². The molecule has 7 nitrogen and oxygen atoms in total. The summed E-state index contributed by atoms with van der Waals surface area (Å²) in [5, 5.41) is 7.20. The number of aromatic nitrogens is 4. The van der Waals surface area contributed by atoms with Crippen LogP contribution in [0.2, 0.25) is 0 Å². The van der Waals surface area contributed by atoms with Crippen molar-refractivity contribution in [1.82, 2.24) is 20.2 Å². The zero-order chi connectivity index (χ0) is 18.8. The van der Waals surface area contributed by atoms with Gasteiger partial charge in [0.25, 0.3) is 0 Å². The number of carbonyl (C=O) groups is 1. The number of nitrogens with zero attached hydrogens (tertiary/aromatic N) is 4. The summed E-state index contributed by atoms with van der Waals surface area (Å²) < 4.78 is 34.5. The highest BCUT2D eigenvalue weighted by Crippen LogP contribution is 2.04. The van der Waals surface area contributed by atoms with Crippen molar-refractivity contribution >= 4 is 5.97 Å². The highest BCUT2D eigenvalue weighted by molar-refractivity contribution is 5.71. The number of halogens is 2. The molecule has 26 heavy (non-hydrogen) atoms. The molecule has 0 atom stereocenters. The van der Waals surface area contributed by atoms with E-state index in [4.69, 9.17) is 9.15 Å². The van der Waals surface area contributed by atoms with Crippen LogP contribution >= 0.6 is 0 Å². The molecule has 0 bridgehead atoms. The molecule has 0 unspecified atom stereocenters. The lowest BCUT2D eigenvalue weighted by atomic mass is 10.3. The fourth-order valence-electron chi connectivity index (χ4n) is 1.81. The lowest BCUT2D eigenvalue weighted by Crippen LogP contribution is -2.08. The number of pyridine rings is 2. The van der Waals surface area contributed by atoms with E-state index in [1.54, 1.807) is 13.0 Å². The summed E-state index contributed by atoms with van der Waals surface area (Å²) in [6, 6.07) is 5.66. The number of hydrogen-bond donors (Lipinski definition) is 0. The molecular formula is C17H16F2N4O3. The fourth-order valence-corrected chi connectivity index (χ4v) is 1.81. The Hall–Kier alpha value is -3.23. The van der Waals surface area contributed by atoms with Crippen molar-refractivity contribution in [1.29, 1.82) is 0 Å². The number of ether oxygens (including phenoxy) is 1. The van der Waals surface area contributed by atoms with Gasteiger partial charge in [-0.05, 0) is 31.2 Å². The second-order valence-corrected chi connectivity index (χ2v) is 4.93. The van der Waals surface area contributed by atoms with Gasteiger partial charge in [0.1, 0.15) is 11.6 Å². The first kappa shape index (κ1) is 19.1. The summed E-state index contributed by atoms with van der Waals surface area (Å²) in [5.74, 6) is -0.636. The van der Waals surface area contributed by atoms with Crippen molar-refractivity contribution in [2.24, 2.45) is 0 Å². The molecular weight excluding hydrogens is 346 g/mol. The SMILES string of the molecule is CCOC(=O)Cc1ccc(F)cn1.Fc1ccc(Cc2nnco2)nc1. The molecule has 9 heteroatoms. The molecule has 3 heterocycles. The lowest BCUT2D eigenvalue weighted by Gasteiger charge is -2.00. The molecule has 0 amide bonds. The zero-order valence-corrected chi connectivity index (χ0v) is 13.9. The highest BCUT2D eigenvalue weighted by Gasteiger charge is 2.04. The third kappa shape index (κ3) is 6.71. The summed E-state index contributed by atoms with van der Waals surface area (Å²) in [6.07, 6.45) is 4.01. The minimum atomic E-state index is -0.410. The second kappa shape index (κ2) is 9.92. The fraction of sp³-hybridized carbons (Fsp3) is 0.235. The standard InChI is InChI=1S/C9H10FNO2.C8H6FN3O/c1-2-13-9(12)5-8-4-3-7(10)6-11-8;9-6-1-2-7(10-4-6)3-8-12-11-5-13-8/h3-4,6H,2,5H2,1H3;1-2,4-5H,3H2. The van der Waals surface area contributed by atoms with Crippen molar-refractivity contribution in [3.05, 3.63) is 72.0 Å². The number of carbonyl (C=O) groups excluding carboxylic acids is 1. The van der Waals surface area contributed by atoms with E-state index in [0.717, 1.165) is 12.4 Å². The molecule has 0 aliphatic rings. The van der Waals surface area contributed by atoms with E-state index in [-0.39, 0.29) is 18.2 Å². The van der Waals surface area contributed by atoms with Crippen LogP contribution < -0.4 is 0 Å². The summed E-state index contributed by atoms with van der Waals surface area (Å²) >= 11 is 0. The van der Waals surface area contributed by atoms with Gasteiger partial charge in [-0.3, -0.25) is 14.8 Å². The first-order chi connectivity index (χ1) is 12.6. The normalized spacial score (nSPS) is 9.96. The molecule has 136 valence electrons. The van der Waals surface area contributed by atoms with Crippen molar-refractivity contribution in [2.45, 2.75) is 19.8 Å². The molecule has 0 radical (unpaired) electrons. The predicted octanol–water partition coefficient (Wildman–Crippen LogP) is 2.52. The van der Waals surface area contributed by atoms with E-state index in [2.05, 4.69) is 20.2 Å². The average molecular weight is 362 g/mol.